The van der Waals surface area contributed by atoms with Crippen LogP contribution >= 0.6 is 0 Å². The molecule has 0 radical (unpaired) electrons. The van der Waals surface area contributed by atoms with Crippen LogP contribution in [0.3, 0.4) is 0 Å². The van der Waals surface area contributed by atoms with Crippen molar-refractivity contribution in [1.29, 1.82) is 0 Å². The molecule has 120 valence electrons. The average molecular weight is 292 g/mol. The Kier molecular flexibility index (Phi) is 3.86. The van der Waals surface area contributed by atoms with Crippen LogP contribution in [0, 0.1) is 28.6 Å². The van der Waals surface area contributed by atoms with Crippen molar-refractivity contribution in [1.82, 2.24) is 0 Å². The molecule has 0 aromatic heterocycles. The molecule has 0 aromatic carbocycles. The number of rotatable bonds is 5. The molecule has 1 atom stereocenters. The number of carbonyl (C=O) groups is 1. The highest BCUT2D eigenvalue weighted by Crippen LogP contribution is 2.61. The second-order valence-corrected chi connectivity index (χ2v) is 9.08. The maximum atomic E-state index is 12.3. The average Bonchev–Trinajstić information content (AvgIpc) is 2.35. The summed E-state index contributed by atoms with van der Waals surface area (Å²) in [5, 5.41) is 0. The van der Waals surface area contributed by atoms with Gasteiger partial charge in [0.25, 0.3) is 0 Å². The maximum absolute atomic E-state index is 12.3. The second-order valence-electron chi connectivity index (χ2n) is 9.08. The van der Waals surface area contributed by atoms with Crippen molar-refractivity contribution >= 4 is 5.97 Å². The van der Waals surface area contributed by atoms with Gasteiger partial charge in [-0.2, -0.15) is 0 Å². The molecule has 0 aromatic rings. The van der Waals surface area contributed by atoms with Gasteiger partial charge in [-0.3, -0.25) is 4.79 Å². The van der Waals surface area contributed by atoms with E-state index in [9.17, 15) is 4.79 Å². The Bertz CT molecular complexity index is 375. The topological polar surface area (TPSA) is 26.3 Å². The largest absolute Gasteiger partial charge is 0.462 e. The van der Waals surface area contributed by atoms with Crippen LogP contribution in [-0.2, 0) is 9.53 Å². The molecule has 4 aliphatic carbocycles. The minimum atomic E-state index is -0.338. The van der Waals surface area contributed by atoms with Crippen molar-refractivity contribution in [3.05, 3.63) is 0 Å². The zero-order valence-electron chi connectivity index (χ0n) is 14.3. The Morgan fingerprint density at radius 2 is 1.62 bits per heavy atom. The van der Waals surface area contributed by atoms with Crippen molar-refractivity contribution < 1.29 is 9.53 Å². The van der Waals surface area contributed by atoms with E-state index in [1.807, 2.05) is 13.8 Å². The third-order valence-corrected chi connectivity index (χ3v) is 6.63. The Balaban J connectivity index is 1.60. The zero-order chi connectivity index (χ0) is 15.3. The lowest BCUT2D eigenvalue weighted by Crippen LogP contribution is -2.47. The fourth-order valence-electron chi connectivity index (χ4n) is 5.68. The molecule has 2 nitrogen and oxygen atoms in total. The molecule has 0 heterocycles. The summed E-state index contributed by atoms with van der Waals surface area (Å²) in [5.41, 5.74) is 0.167. The highest BCUT2D eigenvalue weighted by Gasteiger charge is 2.51. The van der Waals surface area contributed by atoms with Crippen molar-refractivity contribution in [3.63, 3.8) is 0 Å². The lowest BCUT2D eigenvalue weighted by Gasteiger charge is -2.57. The zero-order valence-corrected chi connectivity index (χ0v) is 14.3. The Morgan fingerprint density at radius 1 is 1.14 bits per heavy atom. The normalized spacial score (nSPS) is 39.3. The highest BCUT2D eigenvalue weighted by atomic mass is 16.5. The molecule has 21 heavy (non-hydrogen) atoms. The van der Waals surface area contributed by atoms with Crippen LogP contribution < -0.4 is 0 Å². The molecule has 0 aliphatic heterocycles. The standard InChI is InChI=1S/C19H32O2/c1-5-18(3,4)17(20)21-13(2)9-19-10-14-6-15(11-19)8-16(7-14)12-19/h13-16H,5-12H2,1-4H3. The van der Waals surface area contributed by atoms with E-state index in [1.165, 1.54) is 38.5 Å². The van der Waals surface area contributed by atoms with Crippen LogP contribution in [-0.4, -0.2) is 12.1 Å². The predicted octanol–water partition coefficient (Wildman–Crippen LogP) is 4.96. The Morgan fingerprint density at radius 3 is 2.05 bits per heavy atom. The predicted molar refractivity (Wildman–Crippen MR) is 84.8 cm³/mol. The van der Waals surface area contributed by atoms with E-state index in [2.05, 4.69) is 13.8 Å². The Labute approximate surface area is 130 Å². The molecule has 0 spiro atoms. The fourth-order valence-corrected chi connectivity index (χ4v) is 5.68. The molecular weight excluding hydrogens is 260 g/mol. The third kappa shape index (κ3) is 3.00. The van der Waals surface area contributed by atoms with E-state index in [4.69, 9.17) is 4.74 Å². The van der Waals surface area contributed by atoms with Gasteiger partial charge >= 0.3 is 5.97 Å². The number of hydrogen-bond acceptors (Lipinski definition) is 2. The summed E-state index contributed by atoms with van der Waals surface area (Å²) < 4.78 is 5.81. The first-order chi connectivity index (χ1) is 9.82. The maximum Gasteiger partial charge on any atom is 0.311 e. The van der Waals surface area contributed by atoms with Crippen LogP contribution in [0.2, 0.25) is 0 Å². The quantitative estimate of drug-likeness (QED) is 0.669. The molecule has 4 saturated carbocycles. The van der Waals surface area contributed by atoms with E-state index in [-0.39, 0.29) is 17.5 Å². The lowest BCUT2D eigenvalue weighted by molar-refractivity contribution is -0.163. The molecule has 4 fully saturated rings. The highest BCUT2D eigenvalue weighted by molar-refractivity contribution is 5.75. The summed E-state index contributed by atoms with van der Waals surface area (Å²) >= 11 is 0. The van der Waals surface area contributed by atoms with Gasteiger partial charge in [-0.05, 0) is 95.3 Å². The third-order valence-electron chi connectivity index (χ3n) is 6.63. The van der Waals surface area contributed by atoms with Crippen molar-refractivity contribution in [2.75, 3.05) is 0 Å². The smallest absolute Gasteiger partial charge is 0.311 e. The minimum absolute atomic E-state index is 0.0118. The van der Waals surface area contributed by atoms with Crippen LogP contribution in [0.5, 0.6) is 0 Å². The van der Waals surface area contributed by atoms with Crippen LogP contribution in [0.1, 0.15) is 79.1 Å². The summed E-state index contributed by atoms with van der Waals surface area (Å²) in [6.07, 6.45) is 10.7. The van der Waals surface area contributed by atoms with Gasteiger partial charge in [0.1, 0.15) is 0 Å². The van der Waals surface area contributed by atoms with E-state index in [0.29, 0.717) is 5.41 Å². The molecule has 4 aliphatic rings. The van der Waals surface area contributed by atoms with Crippen LogP contribution in [0.25, 0.3) is 0 Å². The van der Waals surface area contributed by atoms with Crippen molar-refractivity contribution in [2.24, 2.45) is 28.6 Å². The molecule has 0 amide bonds. The van der Waals surface area contributed by atoms with Gasteiger partial charge in [-0.15, -0.1) is 0 Å². The van der Waals surface area contributed by atoms with Crippen LogP contribution in [0.15, 0.2) is 0 Å². The summed E-state index contributed by atoms with van der Waals surface area (Å²) in [6.45, 7) is 8.16. The van der Waals surface area contributed by atoms with E-state index in [0.717, 1.165) is 30.6 Å². The molecule has 0 N–H and O–H groups in total. The summed E-state index contributed by atoms with van der Waals surface area (Å²) in [5.74, 6) is 2.92. The van der Waals surface area contributed by atoms with Gasteiger partial charge in [-0.1, -0.05) is 6.92 Å². The van der Waals surface area contributed by atoms with Gasteiger partial charge < -0.3 is 4.74 Å². The molecule has 2 heteroatoms. The second kappa shape index (κ2) is 5.28. The fraction of sp³-hybridized carbons (Fsp3) is 0.947. The Hall–Kier alpha value is -0.530. The monoisotopic (exact) mass is 292 g/mol. The number of ether oxygens (including phenoxy) is 1. The van der Waals surface area contributed by atoms with Gasteiger partial charge in [0.05, 0.1) is 11.5 Å². The molecular formula is C19H32O2. The van der Waals surface area contributed by atoms with Crippen molar-refractivity contribution in [3.8, 4) is 0 Å². The minimum Gasteiger partial charge on any atom is -0.462 e. The van der Waals surface area contributed by atoms with E-state index < -0.39 is 0 Å². The van der Waals surface area contributed by atoms with Gasteiger partial charge in [0.15, 0.2) is 0 Å². The van der Waals surface area contributed by atoms with Gasteiger partial charge in [0.2, 0.25) is 0 Å². The molecule has 4 bridgehead atoms. The van der Waals surface area contributed by atoms with E-state index >= 15 is 0 Å². The molecule has 1 unspecified atom stereocenters. The number of hydrogen-bond donors (Lipinski definition) is 0. The first-order valence-electron chi connectivity index (χ1n) is 9.03. The summed E-state index contributed by atoms with van der Waals surface area (Å²) in [7, 11) is 0. The molecule has 0 saturated heterocycles. The van der Waals surface area contributed by atoms with E-state index in [1.54, 1.807) is 0 Å². The summed E-state index contributed by atoms with van der Waals surface area (Å²) in [4.78, 5) is 12.3. The number of esters is 1. The SMILES string of the molecule is CCC(C)(C)C(=O)OC(C)CC12CC3CC(CC(C3)C1)C2. The first-order valence-corrected chi connectivity index (χ1v) is 9.03. The van der Waals surface area contributed by atoms with Crippen molar-refractivity contribution in [2.45, 2.75) is 85.2 Å². The molecule has 4 rings (SSSR count). The lowest BCUT2D eigenvalue weighted by atomic mass is 9.48. The van der Waals surface area contributed by atoms with Gasteiger partial charge in [0, 0.05) is 0 Å². The number of carbonyl (C=O) groups excluding carboxylic acids is 1. The van der Waals surface area contributed by atoms with Gasteiger partial charge in [-0.25, -0.2) is 0 Å². The van der Waals surface area contributed by atoms with Crippen LogP contribution in [0.4, 0.5) is 0 Å². The first kappa shape index (κ1) is 15.4. The summed E-state index contributed by atoms with van der Waals surface area (Å²) in [6, 6.07) is 0.